The van der Waals surface area contributed by atoms with Crippen LogP contribution in [-0.4, -0.2) is 69.6 Å². The predicted octanol–water partition coefficient (Wildman–Crippen LogP) is 0.0382. The topological polar surface area (TPSA) is 75.7 Å². The molecule has 1 heterocycles. The lowest BCUT2D eigenvalue weighted by Gasteiger charge is -2.30. The van der Waals surface area contributed by atoms with E-state index in [2.05, 4.69) is 10.2 Å². The number of carbonyl (C=O) groups excluding carboxylic acids is 1. The SMILES string of the molecule is CCS(=O)(=O)[C@@H](C)C(=O)NCC1(CN2CCOCC2)CC1. The van der Waals surface area contributed by atoms with Crippen molar-refractivity contribution in [2.45, 2.75) is 31.9 Å². The number of ether oxygens (including phenoxy) is 1. The normalized spacial score (nSPS) is 23.5. The van der Waals surface area contributed by atoms with Crippen LogP contribution >= 0.6 is 0 Å². The van der Waals surface area contributed by atoms with E-state index in [1.165, 1.54) is 6.92 Å². The molecular formula is C14H26N2O4S. The zero-order valence-electron chi connectivity index (χ0n) is 12.9. The Morgan fingerprint density at radius 3 is 2.48 bits per heavy atom. The Bertz CT molecular complexity index is 467. The van der Waals surface area contributed by atoms with Crippen LogP contribution in [0.25, 0.3) is 0 Å². The molecule has 0 aromatic carbocycles. The average molecular weight is 318 g/mol. The molecule has 2 fully saturated rings. The third-order valence-corrected chi connectivity index (χ3v) is 6.66. The van der Waals surface area contributed by atoms with Crippen molar-refractivity contribution in [2.75, 3.05) is 45.1 Å². The molecule has 1 aliphatic carbocycles. The smallest absolute Gasteiger partial charge is 0.238 e. The van der Waals surface area contributed by atoms with Gasteiger partial charge in [-0.2, -0.15) is 0 Å². The van der Waals surface area contributed by atoms with Gasteiger partial charge in [0.05, 0.1) is 13.2 Å². The number of hydrogen-bond donors (Lipinski definition) is 1. The number of morpholine rings is 1. The first kappa shape index (κ1) is 16.7. The lowest BCUT2D eigenvalue weighted by atomic mass is 10.1. The van der Waals surface area contributed by atoms with Crippen LogP contribution in [0.1, 0.15) is 26.7 Å². The third-order valence-electron chi connectivity index (χ3n) is 4.57. The number of sulfone groups is 1. The van der Waals surface area contributed by atoms with Gasteiger partial charge in [-0.05, 0) is 19.8 Å². The minimum Gasteiger partial charge on any atom is -0.379 e. The molecule has 0 aromatic heterocycles. The number of nitrogens with zero attached hydrogens (tertiary/aromatic N) is 1. The van der Waals surface area contributed by atoms with Crippen LogP contribution in [-0.2, 0) is 19.4 Å². The van der Waals surface area contributed by atoms with Crippen LogP contribution in [0.4, 0.5) is 0 Å². The Hall–Kier alpha value is -0.660. The standard InChI is InChI=1S/C14H26N2O4S/c1-3-21(18,19)12(2)13(17)15-10-14(4-5-14)11-16-6-8-20-9-7-16/h12H,3-11H2,1-2H3,(H,15,17)/t12-/m0/s1. The van der Waals surface area contributed by atoms with Crippen molar-refractivity contribution in [3.8, 4) is 0 Å². The van der Waals surface area contributed by atoms with E-state index in [-0.39, 0.29) is 17.1 Å². The van der Waals surface area contributed by atoms with E-state index in [1.54, 1.807) is 6.92 Å². The highest BCUT2D eigenvalue weighted by atomic mass is 32.2. The molecule has 122 valence electrons. The molecule has 1 saturated carbocycles. The Balaban J connectivity index is 1.80. The highest BCUT2D eigenvalue weighted by Gasteiger charge is 2.44. The van der Waals surface area contributed by atoms with Gasteiger partial charge < -0.3 is 10.1 Å². The molecule has 0 aromatic rings. The Morgan fingerprint density at radius 1 is 1.33 bits per heavy atom. The summed E-state index contributed by atoms with van der Waals surface area (Å²) in [4.78, 5) is 14.4. The van der Waals surface area contributed by atoms with Gasteiger partial charge in [0.25, 0.3) is 0 Å². The lowest BCUT2D eigenvalue weighted by Crippen LogP contribution is -2.45. The fourth-order valence-electron chi connectivity index (χ4n) is 2.63. The summed E-state index contributed by atoms with van der Waals surface area (Å²) in [6.07, 6.45) is 2.19. The summed E-state index contributed by atoms with van der Waals surface area (Å²) in [6, 6.07) is 0. The van der Waals surface area contributed by atoms with E-state index in [0.29, 0.717) is 6.54 Å². The van der Waals surface area contributed by atoms with E-state index in [0.717, 1.165) is 45.7 Å². The van der Waals surface area contributed by atoms with Gasteiger partial charge in [-0.1, -0.05) is 6.92 Å². The Kier molecular flexibility index (Phi) is 5.27. The van der Waals surface area contributed by atoms with Gasteiger partial charge in [0.1, 0.15) is 5.25 Å². The summed E-state index contributed by atoms with van der Waals surface area (Å²) in [7, 11) is -3.31. The van der Waals surface area contributed by atoms with Crippen molar-refractivity contribution in [1.29, 1.82) is 0 Å². The fraction of sp³-hybridized carbons (Fsp3) is 0.929. The molecule has 0 bridgehead atoms. The first-order valence-electron chi connectivity index (χ1n) is 7.68. The van der Waals surface area contributed by atoms with E-state index in [4.69, 9.17) is 4.74 Å². The highest BCUT2D eigenvalue weighted by Crippen LogP contribution is 2.45. The summed E-state index contributed by atoms with van der Waals surface area (Å²) in [5.41, 5.74) is 0.142. The van der Waals surface area contributed by atoms with E-state index in [1.807, 2.05) is 0 Å². The van der Waals surface area contributed by atoms with Crippen LogP contribution < -0.4 is 5.32 Å². The third kappa shape index (κ3) is 4.40. The molecule has 7 heteroatoms. The van der Waals surface area contributed by atoms with Crippen molar-refractivity contribution in [1.82, 2.24) is 10.2 Å². The van der Waals surface area contributed by atoms with Gasteiger partial charge in [-0.3, -0.25) is 9.69 Å². The minimum atomic E-state index is -3.31. The van der Waals surface area contributed by atoms with Gasteiger partial charge >= 0.3 is 0 Å². The second-order valence-corrected chi connectivity index (χ2v) is 8.81. The average Bonchev–Trinajstić information content (AvgIpc) is 3.25. The molecule has 6 nitrogen and oxygen atoms in total. The van der Waals surface area contributed by atoms with Gasteiger partial charge in [0, 0.05) is 37.3 Å². The van der Waals surface area contributed by atoms with Crippen LogP contribution in [0.2, 0.25) is 0 Å². The van der Waals surface area contributed by atoms with Crippen molar-refractivity contribution in [2.24, 2.45) is 5.41 Å². The van der Waals surface area contributed by atoms with Crippen LogP contribution in [0.15, 0.2) is 0 Å². The number of amides is 1. The summed E-state index contributed by atoms with van der Waals surface area (Å²) in [6.45, 7) is 8.00. The van der Waals surface area contributed by atoms with Crippen molar-refractivity contribution >= 4 is 15.7 Å². The first-order chi connectivity index (χ1) is 9.88. The summed E-state index contributed by atoms with van der Waals surface area (Å²) in [5.74, 6) is -0.370. The van der Waals surface area contributed by atoms with Gasteiger partial charge in [0.15, 0.2) is 9.84 Å². The first-order valence-corrected chi connectivity index (χ1v) is 9.39. The van der Waals surface area contributed by atoms with Gasteiger partial charge in [-0.15, -0.1) is 0 Å². The molecule has 0 spiro atoms. The summed E-state index contributed by atoms with van der Waals surface area (Å²) < 4.78 is 28.8. The summed E-state index contributed by atoms with van der Waals surface area (Å²) >= 11 is 0. The quantitative estimate of drug-likeness (QED) is 0.717. The van der Waals surface area contributed by atoms with Crippen molar-refractivity contribution < 1.29 is 17.9 Å². The van der Waals surface area contributed by atoms with E-state index < -0.39 is 15.1 Å². The monoisotopic (exact) mass is 318 g/mol. The number of nitrogens with one attached hydrogen (secondary N) is 1. The van der Waals surface area contributed by atoms with Gasteiger partial charge in [0.2, 0.25) is 5.91 Å². The Labute approximate surface area is 127 Å². The predicted molar refractivity (Wildman–Crippen MR) is 80.9 cm³/mol. The number of hydrogen-bond acceptors (Lipinski definition) is 5. The molecule has 2 aliphatic rings. The van der Waals surface area contributed by atoms with Crippen molar-refractivity contribution in [3.05, 3.63) is 0 Å². The number of carbonyl (C=O) groups is 1. The molecule has 1 aliphatic heterocycles. The summed E-state index contributed by atoms with van der Waals surface area (Å²) in [5, 5.41) is 1.88. The molecule has 2 rings (SSSR count). The molecule has 0 unspecified atom stereocenters. The van der Waals surface area contributed by atoms with Crippen LogP contribution in [0.5, 0.6) is 0 Å². The molecule has 1 atom stereocenters. The molecule has 1 N–H and O–H groups in total. The van der Waals surface area contributed by atoms with Gasteiger partial charge in [-0.25, -0.2) is 8.42 Å². The second-order valence-electron chi connectivity index (χ2n) is 6.20. The van der Waals surface area contributed by atoms with E-state index >= 15 is 0 Å². The fourth-order valence-corrected chi connectivity index (χ4v) is 3.54. The highest BCUT2D eigenvalue weighted by molar-refractivity contribution is 7.92. The zero-order chi connectivity index (χ0) is 15.5. The maximum absolute atomic E-state index is 12.0. The van der Waals surface area contributed by atoms with Crippen molar-refractivity contribution in [3.63, 3.8) is 0 Å². The maximum Gasteiger partial charge on any atom is 0.238 e. The van der Waals surface area contributed by atoms with Crippen LogP contribution in [0.3, 0.4) is 0 Å². The van der Waals surface area contributed by atoms with E-state index in [9.17, 15) is 13.2 Å². The molecule has 1 amide bonds. The van der Waals surface area contributed by atoms with Crippen LogP contribution in [0, 0.1) is 5.41 Å². The molecule has 0 radical (unpaired) electrons. The number of rotatable bonds is 7. The lowest BCUT2D eigenvalue weighted by molar-refractivity contribution is -0.120. The molecular weight excluding hydrogens is 292 g/mol. The molecule has 1 saturated heterocycles. The Morgan fingerprint density at radius 2 is 1.95 bits per heavy atom. The minimum absolute atomic E-state index is 0.000503. The largest absolute Gasteiger partial charge is 0.379 e. The zero-order valence-corrected chi connectivity index (χ0v) is 13.7. The molecule has 21 heavy (non-hydrogen) atoms. The maximum atomic E-state index is 12.0. The second kappa shape index (κ2) is 6.62.